The molecule has 0 radical (unpaired) electrons. The van der Waals surface area contributed by atoms with E-state index in [2.05, 4.69) is 0 Å². The van der Waals surface area contributed by atoms with Gasteiger partial charge in [0.05, 0.1) is 31.2 Å². The average Bonchev–Trinajstić information content (AvgIpc) is 3.02. The smallest absolute Gasteiger partial charge is 0.233 e. The number of aliphatic hydroxyl groups excluding tert-OH is 3. The van der Waals surface area contributed by atoms with Gasteiger partial charge in [0.1, 0.15) is 5.75 Å². The van der Waals surface area contributed by atoms with E-state index >= 15 is 0 Å². The number of nitrogens with zero attached hydrogens (tertiary/aromatic N) is 1. The van der Waals surface area contributed by atoms with Crippen molar-refractivity contribution in [1.82, 2.24) is 4.90 Å². The van der Waals surface area contributed by atoms with Crippen molar-refractivity contribution in [2.24, 2.45) is 17.8 Å². The van der Waals surface area contributed by atoms with Crippen LogP contribution in [0.15, 0.2) is 41.0 Å². The molecule has 1 aliphatic heterocycles. The minimum absolute atomic E-state index is 0.196. The number of carbonyl (C=O) groups is 2. The summed E-state index contributed by atoms with van der Waals surface area (Å²) in [7, 11) is 0. The van der Waals surface area contributed by atoms with Crippen LogP contribution < -0.4 is 0 Å². The molecular formula is C25H33NO6. The average molecular weight is 444 g/mol. The topological polar surface area (TPSA) is 118 Å². The van der Waals surface area contributed by atoms with Crippen molar-refractivity contribution in [3.63, 3.8) is 0 Å². The number of amides is 2. The number of likely N-dealkylation sites (tertiary alicyclic amines) is 1. The number of rotatable bonds is 9. The van der Waals surface area contributed by atoms with Gasteiger partial charge >= 0.3 is 0 Å². The summed E-state index contributed by atoms with van der Waals surface area (Å²) in [5.74, 6) is -2.28. The Balaban J connectivity index is 1.79. The lowest BCUT2D eigenvalue weighted by molar-refractivity contribution is -0.140. The molecule has 1 aliphatic carbocycles. The highest BCUT2D eigenvalue weighted by atomic mass is 16.3. The molecule has 3 rings (SSSR count). The fraction of sp³-hybridized carbons (Fsp3) is 0.520. The number of benzene rings is 1. The summed E-state index contributed by atoms with van der Waals surface area (Å²) in [6.45, 7) is 3.51. The normalized spacial score (nSPS) is 24.8. The van der Waals surface area contributed by atoms with Gasteiger partial charge in [-0.15, -0.1) is 0 Å². The first-order valence-corrected chi connectivity index (χ1v) is 11.2. The second-order valence-electron chi connectivity index (χ2n) is 8.81. The first kappa shape index (κ1) is 24.2. The molecule has 32 heavy (non-hydrogen) atoms. The maximum atomic E-state index is 13.0. The van der Waals surface area contributed by atoms with Crippen molar-refractivity contribution in [2.75, 3.05) is 19.8 Å². The van der Waals surface area contributed by atoms with E-state index in [1.54, 1.807) is 24.3 Å². The second kappa shape index (κ2) is 10.4. The Kier molecular flexibility index (Phi) is 7.87. The molecule has 0 aromatic heterocycles. The van der Waals surface area contributed by atoms with E-state index in [0.29, 0.717) is 37.0 Å². The van der Waals surface area contributed by atoms with Gasteiger partial charge in [0.25, 0.3) is 0 Å². The number of fused-ring (bicyclic) bond motifs is 1. The summed E-state index contributed by atoms with van der Waals surface area (Å²) < 4.78 is 0. The van der Waals surface area contributed by atoms with E-state index in [9.17, 15) is 30.0 Å². The third-order valence-electron chi connectivity index (χ3n) is 6.59. The van der Waals surface area contributed by atoms with Crippen molar-refractivity contribution >= 4 is 17.9 Å². The monoisotopic (exact) mass is 443 g/mol. The van der Waals surface area contributed by atoms with Crippen LogP contribution in [0.1, 0.15) is 45.1 Å². The number of phenols is 1. The first-order valence-electron chi connectivity index (χ1n) is 11.2. The highest BCUT2D eigenvalue weighted by molar-refractivity contribution is 6.05. The number of aliphatic hydroxyl groups is 3. The molecule has 0 bridgehead atoms. The van der Waals surface area contributed by atoms with Gasteiger partial charge in [0.2, 0.25) is 11.8 Å². The summed E-state index contributed by atoms with van der Waals surface area (Å²) in [5.41, 5.74) is 3.02. The molecular weight excluding hydrogens is 410 g/mol. The van der Waals surface area contributed by atoms with Crippen LogP contribution in [0.2, 0.25) is 0 Å². The molecule has 2 amide bonds. The maximum absolute atomic E-state index is 13.0. The lowest BCUT2D eigenvalue weighted by atomic mass is 9.68. The largest absolute Gasteiger partial charge is 0.508 e. The minimum Gasteiger partial charge on any atom is -0.508 e. The molecule has 0 spiro atoms. The number of hydrogen-bond acceptors (Lipinski definition) is 6. The van der Waals surface area contributed by atoms with E-state index < -0.39 is 23.9 Å². The van der Waals surface area contributed by atoms with Gasteiger partial charge in [-0.25, -0.2) is 0 Å². The molecule has 1 saturated heterocycles. The van der Waals surface area contributed by atoms with Crippen LogP contribution in [0, 0.1) is 17.8 Å². The van der Waals surface area contributed by atoms with Gasteiger partial charge in [0.15, 0.2) is 0 Å². The molecule has 0 saturated carbocycles. The number of imide groups is 1. The molecule has 4 atom stereocenters. The van der Waals surface area contributed by atoms with Crippen LogP contribution >= 0.6 is 0 Å². The standard InChI is InChI=1S/C25H33NO6/c1-3-10-26-24(31)19-12-17(13-27)22(20(14-28)23(19)25(26)32)21(30)9-4-15(2)11-16-5-7-18(29)8-6-16/h5-8,11,19-21,23,27-30H,3-4,9-10,12-14H2,1-2H3/b15-11+/t19-,20+,21-,23-/m1/s1. The minimum atomic E-state index is -0.929. The van der Waals surface area contributed by atoms with Gasteiger partial charge in [0, 0.05) is 12.5 Å². The Morgan fingerprint density at radius 3 is 2.47 bits per heavy atom. The number of carbonyl (C=O) groups excluding carboxylic acids is 2. The van der Waals surface area contributed by atoms with Crippen LogP contribution in [0.5, 0.6) is 5.75 Å². The zero-order chi connectivity index (χ0) is 23.4. The van der Waals surface area contributed by atoms with Crippen LogP contribution in [0.3, 0.4) is 0 Å². The summed E-state index contributed by atoms with van der Waals surface area (Å²) in [5, 5.41) is 40.5. The Bertz CT molecular complexity index is 904. The highest BCUT2D eigenvalue weighted by Gasteiger charge is 2.54. The van der Waals surface area contributed by atoms with Gasteiger partial charge in [-0.05, 0) is 61.4 Å². The van der Waals surface area contributed by atoms with E-state index in [1.807, 2.05) is 19.9 Å². The molecule has 1 heterocycles. The Hall–Kier alpha value is -2.48. The molecule has 1 aromatic rings. The fourth-order valence-corrected chi connectivity index (χ4v) is 5.06. The Morgan fingerprint density at radius 1 is 1.19 bits per heavy atom. The number of hydrogen-bond donors (Lipinski definition) is 4. The van der Waals surface area contributed by atoms with Crippen LogP contribution in [-0.2, 0) is 9.59 Å². The van der Waals surface area contributed by atoms with Gasteiger partial charge in [-0.2, -0.15) is 0 Å². The predicted molar refractivity (Wildman–Crippen MR) is 120 cm³/mol. The first-order chi connectivity index (χ1) is 15.3. The van der Waals surface area contributed by atoms with Crippen molar-refractivity contribution in [1.29, 1.82) is 0 Å². The second-order valence-corrected chi connectivity index (χ2v) is 8.81. The highest BCUT2D eigenvalue weighted by Crippen LogP contribution is 2.46. The van der Waals surface area contributed by atoms with Crippen molar-refractivity contribution in [2.45, 2.75) is 45.6 Å². The maximum Gasteiger partial charge on any atom is 0.233 e. The molecule has 174 valence electrons. The molecule has 1 fully saturated rings. The number of phenolic OH excluding ortho intramolecular Hbond substituents is 1. The lowest BCUT2D eigenvalue weighted by Crippen LogP contribution is -2.39. The molecule has 0 unspecified atom stereocenters. The summed E-state index contributed by atoms with van der Waals surface area (Å²) in [6, 6.07) is 6.82. The molecule has 4 N–H and O–H groups in total. The van der Waals surface area contributed by atoms with E-state index in [4.69, 9.17) is 0 Å². The van der Waals surface area contributed by atoms with Gasteiger partial charge in [-0.3, -0.25) is 14.5 Å². The molecule has 7 heteroatoms. The fourth-order valence-electron chi connectivity index (χ4n) is 5.06. The summed E-state index contributed by atoms with van der Waals surface area (Å²) in [6.07, 6.45) is 2.87. The molecule has 1 aromatic carbocycles. The van der Waals surface area contributed by atoms with Crippen molar-refractivity contribution < 1.29 is 30.0 Å². The molecule has 2 aliphatic rings. The Morgan fingerprint density at radius 2 is 1.88 bits per heavy atom. The zero-order valence-electron chi connectivity index (χ0n) is 18.7. The number of aromatic hydroxyl groups is 1. The summed E-state index contributed by atoms with van der Waals surface area (Å²) in [4.78, 5) is 27.0. The van der Waals surface area contributed by atoms with Crippen molar-refractivity contribution in [3.8, 4) is 5.75 Å². The predicted octanol–water partition coefficient (Wildman–Crippen LogP) is 2.25. The van der Waals surface area contributed by atoms with E-state index in [1.165, 1.54) is 4.90 Å². The Labute approximate surface area is 188 Å². The lowest BCUT2D eigenvalue weighted by Gasteiger charge is -2.36. The van der Waals surface area contributed by atoms with Crippen LogP contribution in [0.4, 0.5) is 0 Å². The molecule has 7 nitrogen and oxygen atoms in total. The van der Waals surface area contributed by atoms with Gasteiger partial charge < -0.3 is 20.4 Å². The zero-order valence-corrected chi connectivity index (χ0v) is 18.7. The quantitative estimate of drug-likeness (QED) is 0.343. The third kappa shape index (κ3) is 4.80. The SMILES string of the molecule is CCCN1C(=O)[C@@H]2[C@@H](CC(CO)=C([C@H](O)CC/C(C)=C/c3ccc(O)cc3)[C@@H]2CO)C1=O. The third-order valence-corrected chi connectivity index (χ3v) is 6.59. The van der Waals surface area contributed by atoms with E-state index in [0.717, 1.165) is 11.1 Å². The van der Waals surface area contributed by atoms with E-state index in [-0.39, 0.29) is 37.2 Å². The van der Waals surface area contributed by atoms with Crippen LogP contribution in [0.25, 0.3) is 6.08 Å². The van der Waals surface area contributed by atoms with Gasteiger partial charge in [-0.1, -0.05) is 30.7 Å². The van der Waals surface area contributed by atoms with Crippen molar-refractivity contribution in [3.05, 3.63) is 46.5 Å². The summed E-state index contributed by atoms with van der Waals surface area (Å²) >= 11 is 0. The number of allylic oxidation sites excluding steroid dienone is 1. The van der Waals surface area contributed by atoms with Crippen LogP contribution in [-0.4, -0.2) is 63.0 Å².